The molecule has 0 atom stereocenters. The molecule has 0 aliphatic carbocycles. The number of rotatable bonds is 5. The van der Waals surface area contributed by atoms with Crippen LogP contribution in [0, 0.1) is 6.92 Å². The summed E-state index contributed by atoms with van der Waals surface area (Å²) in [7, 11) is 0. The standard InChI is InChI=1S/C33H29N/c1-24-17-21-27(22-18-24)25(2)19-20-26(3)34(29-12-5-4-6-13-29)33-23-28-11-7-8-14-30(28)31-15-9-10-16-32(31)33/h4-23H,1-3H3/b25-19+,26-20+. The normalized spacial score (nSPS) is 12.3. The van der Waals surface area contributed by atoms with Crippen LogP contribution in [0.2, 0.25) is 0 Å². The first-order valence-electron chi connectivity index (χ1n) is 11.8. The highest BCUT2D eigenvalue weighted by molar-refractivity contribution is 6.14. The maximum atomic E-state index is 2.37. The lowest BCUT2D eigenvalue weighted by molar-refractivity contribution is 1.17. The first-order chi connectivity index (χ1) is 16.6. The quantitative estimate of drug-likeness (QED) is 0.195. The Hall–Kier alpha value is -4.10. The van der Waals surface area contributed by atoms with Crippen LogP contribution in [-0.2, 0) is 0 Å². The van der Waals surface area contributed by atoms with Crippen molar-refractivity contribution in [3.63, 3.8) is 0 Å². The zero-order valence-electron chi connectivity index (χ0n) is 20.0. The van der Waals surface area contributed by atoms with Crippen LogP contribution in [0.5, 0.6) is 0 Å². The van der Waals surface area contributed by atoms with Gasteiger partial charge >= 0.3 is 0 Å². The van der Waals surface area contributed by atoms with E-state index in [9.17, 15) is 0 Å². The second kappa shape index (κ2) is 9.41. The van der Waals surface area contributed by atoms with Crippen LogP contribution >= 0.6 is 0 Å². The maximum Gasteiger partial charge on any atom is 0.0543 e. The molecule has 5 aromatic carbocycles. The van der Waals surface area contributed by atoms with E-state index in [2.05, 4.69) is 147 Å². The fraction of sp³-hybridized carbons (Fsp3) is 0.0909. The molecule has 0 bridgehead atoms. The molecule has 0 spiro atoms. The lowest BCUT2D eigenvalue weighted by atomic mass is 9.99. The van der Waals surface area contributed by atoms with Crippen molar-refractivity contribution in [3.05, 3.63) is 138 Å². The molecule has 1 heteroatoms. The van der Waals surface area contributed by atoms with Gasteiger partial charge in [-0.1, -0.05) is 103 Å². The minimum Gasteiger partial charge on any atom is -0.314 e. The molecule has 0 aliphatic heterocycles. The van der Waals surface area contributed by atoms with Crippen LogP contribution in [0.4, 0.5) is 11.4 Å². The maximum absolute atomic E-state index is 2.37. The van der Waals surface area contributed by atoms with Gasteiger partial charge < -0.3 is 4.90 Å². The number of allylic oxidation sites excluding steroid dienone is 4. The van der Waals surface area contributed by atoms with Gasteiger partial charge in [-0.05, 0) is 72.3 Å². The Morgan fingerprint density at radius 2 is 1.24 bits per heavy atom. The van der Waals surface area contributed by atoms with Crippen molar-refractivity contribution in [2.45, 2.75) is 20.8 Å². The Morgan fingerprint density at radius 3 is 1.97 bits per heavy atom. The zero-order chi connectivity index (χ0) is 23.5. The van der Waals surface area contributed by atoms with Crippen molar-refractivity contribution in [2.24, 2.45) is 0 Å². The van der Waals surface area contributed by atoms with Crippen LogP contribution in [0.1, 0.15) is 25.0 Å². The van der Waals surface area contributed by atoms with Crippen molar-refractivity contribution >= 4 is 38.5 Å². The minimum atomic E-state index is 1.15. The Labute approximate surface area is 202 Å². The lowest BCUT2D eigenvalue weighted by Crippen LogP contribution is -2.14. The molecule has 0 saturated heterocycles. The molecule has 0 unspecified atom stereocenters. The predicted molar refractivity (Wildman–Crippen MR) is 149 cm³/mol. The summed E-state index contributed by atoms with van der Waals surface area (Å²) >= 11 is 0. The van der Waals surface area contributed by atoms with Crippen molar-refractivity contribution in [3.8, 4) is 0 Å². The van der Waals surface area contributed by atoms with E-state index in [-0.39, 0.29) is 0 Å². The van der Waals surface area contributed by atoms with Gasteiger partial charge in [0.25, 0.3) is 0 Å². The van der Waals surface area contributed by atoms with Crippen molar-refractivity contribution in [1.82, 2.24) is 0 Å². The molecule has 0 aromatic heterocycles. The van der Waals surface area contributed by atoms with Crippen LogP contribution in [0.25, 0.3) is 27.1 Å². The van der Waals surface area contributed by atoms with Gasteiger partial charge in [0.05, 0.1) is 5.69 Å². The van der Waals surface area contributed by atoms with E-state index in [1.807, 2.05) is 0 Å². The molecular formula is C33H29N. The summed E-state index contributed by atoms with van der Waals surface area (Å²) in [4.78, 5) is 2.37. The van der Waals surface area contributed by atoms with Gasteiger partial charge in [0.15, 0.2) is 0 Å². The summed E-state index contributed by atoms with van der Waals surface area (Å²) < 4.78 is 0. The summed E-state index contributed by atoms with van der Waals surface area (Å²) in [5.41, 5.74) is 7.28. The van der Waals surface area contributed by atoms with Gasteiger partial charge in [-0.15, -0.1) is 0 Å². The number of aryl methyl sites for hydroxylation is 1. The van der Waals surface area contributed by atoms with Crippen molar-refractivity contribution in [1.29, 1.82) is 0 Å². The molecule has 0 heterocycles. The Balaban J connectivity index is 1.68. The predicted octanol–water partition coefficient (Wildman–Crippen LogP) is 9.45. The number of para-hydroxylation sites is 1. The first kappa shape index (κ1) is 21.7. The molecule has 0 fully saturated rings. The van der Waals surface area contributed by atoms with Gasteiger partial charge in [0.2, 0.25) is 0 Å². The van der Waals surface area contributed by atoms with E-state index < -0.39 is 0 Å². The van der Waals surface area contributed by atoms with Crippen LogP contribution in [-0.4, -0.2) is 0 Å². The SMILES string of the molecule is C/C(=C\C=C(/C)N(c1ccccc1)c1cc2ccccc2c2ccccc12)c1ccc(C)cc1. The highest BCUT2D eigenvalue weighted by Crippen LogP contribution is 2.39. The molecule has 5 aromatic rings. The smallest absolute Gasteiger partial charge is 0.0543 e. The molecule has 1 nitrogen and oxygen atoms in total. The molecule has 0 amide bonds. The molecule has 34 heavy (non-hydrogen) atoms. The average Bonchev–Trinajstić information content (AvgIpc) is 2.88. The third kappa shape index (κ3) is 4.25. The number of hydrogen-bond acceptors (Lipinski definition) is 1. The van der Waals surface area contributed by atoms with Crippen LogP contribution in [0.3, 0.4) is 0 Å². The number of hydrogen-bond donors (Lipinski definition) is 0. The van der Waals surface area contributed by atoms with Gasteiger partial charge in [-0.2, -0.15) is 0 Å². The van der Waals surface area contributed by atoms with E-state index >= 15 is 0 Å². The van der Waals surface area contributed by atoms with Crippen LogP contribution in [0.15, 0.2) is 127 Å². The number of fused-ring (bicyclic) bond motifs is 3. The van der Waals surface area contributed by atoms with Gasteiger partial charge in [-0.25, -0.2) is 0 Å². The Kier molecular flexibility index (Phi) is 6.01. The summed E-state index contributed by atoms with van der Waals surface area (Å²) in [6.07, 6.45) is 4.45. The van der Waals surface area contributed by atoms with E-state index in [1.165, 1.54) is 43.9 Å². The fourth-order valence-electron chi connectivity index (χ4n) is 4.56. The van der Waals surface area contributed by atoms with E-state index in [4.69, 9.17) is 0 Å². The molecule has 166 valence electrons. The van der Waals surface area contributed by atoms with E-state index in [0.717, 1.165) is 11.4 Å². The zero-order valence-corrected chi connectivity index (χ0v) is 20.0. The lowest BCUT2D eigenvalue weighted by Gasteiger charge is -2.28. The second-order valence-electron chi connectivity index (χ2n) is 8.86. The van der Waals surface area contributed by atoms with E-state index in [1.54, 1.807) is 0 Å². The molecule has 5 rings (SSSR count). The molecule has 0 aliphatic rings. The van der Waals surface area contributed by atoms with E-state index in [0.29, 0.717) is 0 Å². The molecular weight excluding hydrogens is 410 g/mol. The van der Waals surface area contributed by atoms with Gasteiger partial charge in [-0.3, -0.25) is 0 Å². The highest BCUT2D eigenvalue weighted by atomic mass is 15.1. The monoisotopic (exact) mass is 439 g/mol. The average molecular weight is 440 g/mol. The number of nitrogens with zero attached hydrogens (tertiary/aromatic N) is 1. The topological polar surface area (TPSA) is 3.24 Å². The largest absolute Gasteiger partial charge is 0.314 e. The second-order valence-corrected chi connectivity index (χ2v) is 8.86. The molecule has 0 N–H and O–H groups in total. The number of anilines is 2. The Bertz CT molecular complexity index is 1510. The Morgan fingerprint density at radius 1 is 0.618 bits per heavy atom. The number of benzene rings is 5. The first-order valence-corrected chi connectivity index (χ1v) is 11.8. The summed E-state index contributed by atoms with van der Waals surface area (Å²) in [5.74, 6) is 0. The molecule has 0 radical (unpaired) electrons. The van der Waals surface area contributed by atoms with Gasteiger partial charge in [0, 0.05) is 16.8 Å². The minimum absolute atomic E-state index is 1.15. The third-order valence-corrected chi connectivity index (χ3v) is 6.44. The van der Waals surface area contributed by atoms with Gasteiger partial charge in [0.1, 0.15) is 0 Å². The molecule has 0 saturated carbocycles. The highest BCUT2D eigenvalue weighted by Gasteiger charge is 2.16. The van der Waals surface area contributed by atoms with Crippen molar-refractivity contribution in [2.75, 3.05) is 4.90 Å². The van der Waals surface area contributed by atoms with Crippen LogP contribution < -0.4 is 4.90 Å². The summed E-state index contributed by atoms with van der Waals surface area (Å²) in [6, 6.07) is 39.0. The summed E-state index contributed by atoms with van der Waals surface area (Å²) in [6.45, 7) is 6.49. The fourth-order valence-corrected chi connectivity index (χ4v) is 4.56. The third-order valence-electron chi connectivity index (χ3n) is 6.44. The summed E-state index contributed by atoms with van der Waals surface area (Å²) in [5, 5.41) is 5.05. The van der Waals surface area contributed by atoms with Crippen molar-refractivity contribution < 1.29 is 0 Å².